The van der Waals surface area contributed by atoms with Crippen molar-refractivity contribution in [3.8, 4) is 0 Å². The first-order valence-electron chi connectivity index (χ1n) is 16.8. The van der Waals surface area contributed by atoms with Crippen molar-refractivity contribution < 1.29 is 42.6 Å². The summed E-state index contributed by atoms with van der Waals surface area (Å²) in [4.78, 5) is 39.4. The Hall–Kier alpha value is -2.68. The van der Waals surface area contributed by atoms with Gasteiger partial charge in [0.1, 0.15) is 24.1 Å². The van der Waals surface area contributed by atoms with Gasteiger partial charge in [0.15, 0.2) is 0 Å². The average Bonchev–Trinajstić information content (AvgIpc) is 3.76. The molecule has 0 spiro atoms. The number of amides is 3. The first kappa shape index (κ1) is 39.8. The summed E-state index contributed by atoms with van der Waals surface area (Å²) in [5, 5.41) is 9.39. The van der Waals surface area contributed by atoms with Gasteiger partial charge in [-0.1, -0.05) is 36.2 Å². The molecule has 2 aliphatic rings. The summed E-state index contributed by atoms with van der Waals surface area (Å²) >= 11 is 11.7. The molecule has 1 aliphatic carbocycles. The fraction of sp³-hybridized carbons (Fsp3) is 0.697. The molecule has 0 aromatic carbocycles. The molecule has 3 rings (SSSR count). The highest BCUT2D eigenvalue weighted by molar-refractivity contribution is 6.22. The fourth-order valence-electron chi connectivity index (χ4n) is 5.00. The molecule has 13 nitrogen and oxygen atoms in total. The molecule has 1 fully saturated rings. The van der Waals surface area contributed by atoms with E-state index in [9.17, 15) is 14.4 Å². The summed E-state index contributed by atoms with van der Waals surface area (Å²) in [7, 11) is 0. The number of unbranched alkanes of at least 4 members (excludes halogenated alkanes) is 3. The van der Waals surface area contributed by atoms with Crippen LogP contribution >= 0.6 is 23.2 Å². The number of alkyl halides is 2. The Labute approximate surface area is 292 Å². The van der Waals surface area contributed by atoms with Gasteiger partial charge in [-0.3, -0.25) is 9.59 Å². The number of rotatable bonds is 25. The third kappa shape index (κ3) is 16.6. The number of likely N-dealkylation sites (tertiary alicyclic amines) is 1. The normalized spacial score (nSPS) is 17.4. The molecule has 1 unspecified atom stereocenters. The molecule has 1 aliphatic heterocycles. The van der Waals surface area contributed by atoms with Crippen LogP contribution in [0.1, 0.15) is 56.4 Å². The first-order chi connectivity index (χ1) is 23.5. The van der Waals surface area contributed by atoms with E-state index >= 15 is 0 Å². The van der Waals surface area contributed by atoms with Gasteiger partial charge >= 0.3 is 6.09 Å². The van der Waals surface area contributed by atoms with Crippen molar-refractivity contribution in [3.05, 3.63) is 41.3 Å². The number of nitrogens with one attached hydrogen (secondary N) is 2. The van der Waals surface area contributed by atoms with Crippen molar-refractivity contribution in [3.63, 3.8) is 0 Å². The molecule has 48 heavy (non-hydrogen) atoms. The van der Waals surface area contributed by atoms with Gasteiger partial charge in [0.2, 0.25) is 11.8 Å². The van der Waals surface area contributed by atoms with Crippen LogP contribution in [-0.4, -0.2) is 118 Å². The van der Waals surface area contributed by atoms with Crippen molar-refractivity contribution in [2.75, 3.05) is 78.4 Å². The molecular formula is C33H50Cl2N4O9. The fourth-order valence-corrected chi connectivity index (χ4v) is 5.35. The summed E-state index contributed by atoms with van der Waals surface area (Å²) in [6.45, 7) is 4.95. The van der Waals surface area contributed by atoms with Gasteiger partial charge in [-0.25, -0.2) is 4.79 Å². The van der Waals surface area contributed by atoms with E-state index in [2.05, 4.69) is 15.8 Å². The third-order valence-corrected chi connectivity index (χ3v) is 8.15. The average molecular weight is 718 g/mol. The number of ether oxygens (including phenoxy) is 5. The Morgan fingerprint density at radius 2 is 1.65 bits per heavy atom. The van der Waals surface area contributed by atoms with Gasteiger partial charge in [0.25, 0.3) is 0 Å². The summed E-state index contributed by atoms with van der Waals surface area (Å²) in [5.41, 5.74) is 1.36. The molecule has 2 N–H and O–H groups in total. The zero-order valence-corrected chi connectivity index (χ0v) is 29.1. The number of aromatic nitrogens is 1. The molecule has 0 saturated carbocycles. The van der Waals surface area contributed by atoms with Gasteiger partial charge in [0, 0.05) is 38.2 Å². The maximum absolute atomic E-state index is 13.0. The highest BCUT2D eigenvalue weighted by atomic mass is 35.5. The van der Waals surface area contributed by atoms with Crippen LogP contribution in [-0.2, 0) is 46.3 Å². The summed E-state index contributed by atoms with van der Waals surface area (Å²) in [6, 6.07) is 1.04. The quantitative estimate of drug-likeness (QED) is 0.113. The monoisotopic (exact) mass is 716 g/mol. The van der Waals surface area contributed by atoms with Crippen LogP contribution in [0.25, 0.3) is 0 Å². The van der Waals surface area contributed by atoms with Crippen LogP contribution in [0.4, 0.5) is 4.79 Å². The maximum Gasteiger partial charge on any atom is 0.407 e. The Bertz CT molecular complexity index is 1150. The van der Waals surface area contributed by atoms with E-state index in [1.54, 1.807) is 11.0 Å². The number of carbonyl (C=O) groups excluding carboxylic acids is 3. The summed E-state index contributed by atoms with van der Waals surface area (Å²) in [5.74, 6) is 0.642. The first-order valence-corrected chi connectivity index (χ1v) is 17.7. The smallest absolute Gasteiger partial charge is 0.407 e. The lowest BCUT2D eigenvalue weighted by atomic mass is 10.1. The van der Waals surface area contributed by atoms with E-state index in [0.717, 1.165) is 56.6 Å². The number of carbonyl (C=O) groups is 3. The van der Waals surface area contributed by atoms with Crippen LogP contribution in [0.2, 0.25) is 0 Å². The van der Waals surface area contributed by atoms with Crippen molar-refractivity contribution >= 4 is 41.1 Å². The van der Waals surface area contributed by atoms with Crippen LogP contribution in [0, 0.1) is 0 Å². The summed E-state index contributed by atoms with van der Waals surface area (Å²) in [6.07, 6.45) is 11.6. The molecule has 1 aromatic rings. The predicted octanol–water partition coefficient (Wildman–Crippen LogP) is 3.91. The topological polar surface area (TPSA) is 151 Å². The minimum absolute atomic E-state index is 0.0182. The minimum atomic E-state index is -0.629. The van der Waals surface area contributed by atoms with Crippen molar-refractivity contribution in [1.82, 2.24) is 20.7 Å². The lowest BCUT2D eigenvalue weighted by molar-refractivity contribution is -0.138. The highest BCUT2D eigenvalue weighted by Gasteiger charge is 2.34. The number of hydrogen-bond donors (Lipinski definition) is 2. The van der Waals surface area contributed by atoms with Gasteiger partial charge in [-0.15, -0.1) is 23.2 Å². The highest BCUT2D eigenvalue weighted by Crippen LogP contribution is 2.20. The standard InChI is InChI=1S/C33H50Cl2N4O9/c34-11-3-1-2-4-14-43-16-18-45-20-21-46-19-17-44-15-12-36-33(42)47-25-28-22-29(48-38-28)23-31(40)39-13-5-6-30(39)32(41)37-24-26-7-9-27(35)10-8-26/h7-9,22,27,30H,1-6,10-21,23-25H2,(H,36,42)(H,37,41)/t27?,30-/m0/s1. The molecule has 0 bridgehead atoms. The van der Waals surface area contributed by atoms with Crippen LogP contribution in [0.5, 0.6) is 0 Å². The van der Waals surface area contributed by atoms with Gasteiger partial charge in [0.05, 0.1) is 58.0 Å². The van der Waals surface area contributed by atoms with Crippen LogP contribution in [0.15, 0.2) is 34.4 Å². The van der Waals surface area contributed by atoms with Gasteiger partial charge < -0.3 is 43.7 Å². The van der Waals surface area contributed by atoms with Gasteiger partial charge in [-0.05, 0) is 37.7 Å². The molecule has 1 saturated heterocycles. The maximum atomic E-state index is 13.0. The second-order valence-corrected chi connectivity index (χ2v) is 12.3. The predicted molar refractivity (Wildman–Crippen MR) is 180 cm³/mol. The van der Waals surface area contributed by atoms with Crippen LogP contribution in [0.3, 0.4) is 0 Å². The van der Waals surface area contributed by atoms with E-state index < -0.39 is 12.1 Å². The van der Waals surface area contributed by atoms with Crippen molar-refractivity contribution in [2.45, 2.75) is 69.4 Å². The largest absolute Gasteiger partial charge is 0.443 e. The Balaban J connectivity index is 1.16. The Morgan fingerprint density at radius 1 is 0.938 bits per heavy atom. The third-order valence-electron chi connectivity index (χ3n) is 7.56. The van der Waals surface area contributed by atoms with E-state index in [1.165, 1.54) is 0 Å². The Kier molecular flexibility index (Phi) is 20.3. The second kappa shape index (κ2) is 24.5. The number of allylic oxidation sites excluding steroid dienone is 2. The molecule has 1 aromatic heterocycles. The minimum Gasteiger partial charge on any atom is -0.443 e. The van der Waals surface area contributed by atoms with Crippen molar-refractivity contribution in [1.29, 1.82) is 0 Å². The van der Waals surface area contributed by atoms with E-state index in [0.29, 0.717) is 77.2 Å². The molecule has 0 radical (unpaired) electrons. The van der Waals surface area contributed by atoms with E-state index in [1.807, 2.05) is 18.2 Å². The second-order valence-electron chi connectivity index (χ2n) is 11.4. The SMILES string of the molecule is O=C(NCCOCCOCCOCCOCCCCCCCl)OCc1cc(CC(=O)N2CCC[C@H]2C(=O)NCC2=CCC(Cl)C=C2)on1. The lowest BCUT2D eigenvalue weighted by Crippen LogP contribution is -2.46. The van der Waals surface area contributed by atoms with E-state index in [4.69, 9.17) is 51.4 Å². The van der Waals surface area contributed by atoms with Gasteiger partial charge in [-0.2, -0.15) is 0 Å². The Morgan fingerprint density at radius 3 is 2.35 bits per heavy atom. The lowest BCUT2D eigenvalue weighted by Gasteiger charge is -2.24. The van der Waals surface area contributed by atoms with Crippen molar-refractivity contribution in [2.24, 2.45) is 0 Å². The zero-order chi connectivity index (χ0) is 34.2. The molecule has 3 amide bonds. The number of nitrogens with zero attached hydrogens (tertiary/aromatic N) is 2. The molecule has 270 valence electrons. The van der Waals surface area contributed by atoms with Crippen LogP contribution < -0.4 is 10.6 Å². The molecule has 2 atom stereocenters. The number of halogens is 2. The molecule has 2 heterocycles. The number of hydrogen-bond acceptors (Lipinski definition) is 10. The number of alkyl carbamates (subject to hydrolysis) is 1. The zero-order valence-electron chi connectivity index (χ0n) is 27.6. The summed E-state index contributed by atoms with van der Waals surface area (Å²) < 4.78 is 32.3. The van der Waals surface area contributed by atoms with E-state index in [-0.39, 0.29) is 36.8 Å². The molecule has 15 heteroatoms. The molecular weight excluding hydrogens is 667 g/mol.